The van der Waals surface area contributed by atoms with Crippen molar-refractivity contribution in [1.29, 1.82) is 0 Å². The van der Waals surface area contributed by atoms with E-state index in [9.17, 15) is 0 Å². The van der Waals surface area contributed by atoms with Crippen molar-refractivity contribution in [2.24, 2.45) is 0 Å². The van der Waals surface area contributed by atoms with Crippen LogP contribution in [0, 0.1) is 0 Å². The van der Waals surface area contributed by atoms with Crippen molar-refractivity contribution in [3.05, 3.63) is 48.0 Å². The van der Waals surface area contributed by atoms with E-state index in [1.165, 1.54) is 16.7 Å². The second-order valence-corrected chi connectivity index (χ2v) is 7.17. The van der Waals surface area contributed by atoms with Gasteiger partial charge < -0.3 is 9.31 Å². The molecule has 0 saturated carbocycles. The van der Waals surface area contributed by atoms with E-state index < -0.39 is 0 Å². The first-order valence-electron chi connectivity index (χ1n) is 8.48. The Bertz CT molecular complexity index is 707. The van der Waals surface area contributed by atoms with Crippen LogP contribution in [0.3, 0.4) is 0 Å². The third kappa shape index (κ3) is 3.03. The fourth-order valence-corrected chi connectivity index (χ4v) is 2.94. The van der Waals surface area contributed by atoms with Gasteiger partial charge in [-0.15, -0.1) is 0 Å². The average molecular weight is 308 g/mol. The topological polar surface area (TPSA) is 18.5 Å². The summed E-state index contributed by atoms with van der Waals surface area (Å²) in [5.41, 5.74) is 5.01. The maximum Gasteiger partial charge on any atom is 0.563 e. The minimum atomic E-state index is -0.330. The van der Waals surface area contributed by atoms with E-state index in [-0.39, 0.29) is 18.6 Å². The highest BCUT2D eigenvalue weighted by Crippen LogP contribution is 2.38. The van der Waals surface area contributed by atoms with E-state index >= 15 is 0 Å². The lowest BCUT2D eigenvalue weighted by molar-refractivity contribution is 0.211. The van der Waals surface area contributed by atoms with Gasteiger partial charge in [-0.1, -0.05) is 51.1 Å². The molecular weight excluding hydrogens is 283 g/mol. The third-order valence-corrected chi connectivity index (χ3v) is 4.78. The molecule has 2 aromatic rings. The molecule has 1 aliphatic heterocycles. The Balaban J connectivity index is 2.10. The van der Waals surface area contributed by atoms with E-state index in [0.717, 1.165) is 17.6 Å². The van der Waals surface area contributed by atoms with Crippen LogP contribution in [0.1, 0.15) is 46.6 Å². The molecule has 23 heavy (non-hydrogen) atoms. The minimum Gasteiger partial charge on any atom is -0.532 e. The van der Waals surface area contributed by atoms with Gasteiger partial charge in [0.2, 0.25) is 0 Å². The van der Waals surface area contributed by atoms with Crippen molar-refractivity contribution in [3.63, 3.8) is 0 Å². The van der Waals surface area contributed by atoms with Gasteiger partial charge in [-0.3, -0.25) is 0 Å². The molecule has 0 fully saturated rings. The molecule has 0 aromatic heterocycles. The van der Waals surface area contributed by atoms with Crippen LogP contribution in [-0.4, -0.2) is 13.2 Å². The first-order chi connectivity index (χ1) is 10.9. The van der Waals surface area contributed by atoms with Gasteiger partial charge in [0.1, 0.15) is 5.75 Å². The average Bonchev–Trinajstić information content (AvgIpc) is 2.54. The molecule has 0 saturated heterocycles. The molecule has 3 heteroatoms. The number of rotatable bonds is 4. The lowest BCUT2D eigenvalue weighted by atomic mass is 9.70. The summed E-state index contributed by atoms with van der Waals surface area (Å²) in [6.45, 7) is 10.9. The Labute approximate surface area is 140 Å². The lowest BCUT2D eigenvalue weighted by Gasteiger charge is -2.30. The maximum atomic E-state index is 6.15. The van der Waals surface area contributed by atoms with E-state index in [0.29, 0.717) is 0 Å². The van der Waals surface area contributed by atoms with Crippen LogP contribution in [0.2, 0.25) is 0 Å². The van der Waals surface area contributed by atoms with Crippen molar-refractivity contribution >= 4 is 12.6 Å². The van der Waals surface area contributed by atoms with Gasteiger partial charge in [-0.25, -0.2) is 0 Å². The molecule has 1 aliphatic rings. The van der Waals surface area contributed by atoms with Gasteiger partial charge in [0, 0.05) is 17.1 Å². The normalized spacial score (nSPS) is 13.6. The highest BCUT2D eigenvalue weighted by molar-refractivity contribution is 6.64. The van der Waals surface area contributed by atoms with E-state index in [1.54, 1.807) is 0 Å². The summed E-state index contributed by atoms with van der Waals surface area (Å²) in [6.07, 6.45) is 1.22. The van der Waals surface area contributed by atoms with Crippen LogP contribution in [0.5, 0.6) is 5.75 Å². The molecule has 0 bridgehead atoms. The molecule has 0 atom stereocenters. The third-order valence-electron chi connectivity index (χ3n) is 4.78. The Morgan fingerprint density at radius 2 is 1.83 bits per heavy atom. The fourth-order valence-electron chi connectivity index (χ4n) is 2.94. The molecule has 0 spiro atoms. The smallest absolute Gasteiger partial charge is 0.532 e. The molecule has 1 heterocycles. The van der Waals surface area contributed by atoms with Crippen LogP contribution < -0.4 is 10.1 Å². The predicted octanol–water partition coefficient (Wildman–Crippen LogP) is 4.55. The molecular formula is C20H25BO2. The van der Waals surface area contributed by atoms with Crippen LogP contribution in [-0.2, 0) is 10.1 Å². The molecule has 120 valence electrons. The van der Waals surface area contributed by atoms with Crippen LogP contribution in [0.15, 0.2) is 42.5 Å². The Morgan fingerprint density at radius 1 is 1.09 bits per heavy atom. The molecule has 2 aromatic carbocycles. The number of benzene rings is 2. The highest BCUT2D eigenvalue weighted by Gasteiger charge is 2.34. The summed E-state index contributed by atoms with van der Waals surface area (Å²) >= 11 is 0. The molecule has 0 N–H and O–H groups in total. The van der Waals surface area contributed by atoms with Gasteiger partial charge in [0.15, 0.2) is 0 Å². The van der Waals surface area contributed by atoms with Crippen molar-refractivity contribution in [1.82, 2.24) is 0 Å². The first kappa shape index (κ1) is 16.1. The van der Waals surface area contributed by atoms with Crippen molar-refractivity contribution in [3.8, 4) is 16.9 Å². The van der Waals surface area contributed by atoms with E-state index in [4.69, 9.17) is 9.31 Å². The summed E-state index contributed by atoms with van der Waals surface area (Å²) in [5, 5.41) is 0. The molecule has 0 unspecified atom stereocenters. The van der Waals surface area contributed by atoms with Gasteiger partial charge in [0.25, 0.3) is 0 Å². The number of hydrogen-bond donors (Lipinski definition) is 0. The Morgan fingerprint density at radius 3 is 2.52 bits per heavy atom. The lowest BCUT2D eigenvalue weighted by Crippen LogP contribution is -2.45. The zero-order chi connectivity index (χ0) is 16.6. The summed E-state index contributed by atoms with van der Waals surface area (Å²) in [4.78, 5) is 0. The van der Waals surface area contributed by atoms with Crippen LogP contribution in [0.25, 0.3) is 11.1 Å². The second kappa shape index (κ2) is 6.05. The fraction of sp³-hybridized carbons (Fsp3) is 0.400. The molecule has 3 rings (SSSR count). The van der Waals surface area contributed by atoms with Crippen LogP contribution >= 0.6 is 0 Å². The first-order valence-corrected chi connectivity index (χ1v) is 8.48. The van der Waals surface area contributed by atoms with Crippen molar-refractivity contribution in [2.45, 2.75) is 52.6 Å². The van der Waals surface area contributed by atoms with Gasteiger partial charge in [-0.05, 0) is 48.9 Å². The zero-order valence-electron chi connectivity index (χ0n) is 14.7. The summed E-state index contributed by atoms with van der Waals surface area (Å²) in [5.74, 6) is 0.907. The minimum absolute atomic E-state index is 0.118. The standard InChI is InChI=1S/C20H25BO2/c1-6-20(4,5)15-11-12-19-17(13-15)16-9-7-8-10-18(16)21(23-19)22-14(2)3/h7-14H,6H2,1-5H3. The monoisotopic (exact) mass is 308 g/mol. The molecule has 0 amide bonds. The summed E-state index contributed by atoms with van der Waals surface area (Å²) in [6, 6.07) is 14.9. The maximum absolute atomic E-state index is 6.15. The Kier molecular flexibility index (Phi) is 4.24. The molecule has 0 aliphatic carbocycles. The van der Waals surface area contributed by atoms with Crippen LogP contribution in [0.4, 0.5) is 0 Å². The quantitative estimate of drug-likeness (QED) is 0.771. The highest BCUT2D eigenvalue weighted by atomic mass is 16.6. The summed E-state index contributed by atoms with van der Waals surface area (Å²) in [7, 11) is -0.330. The van der Waals surface area contributed by atoms with E-state index in [2.05, 4.69) is 57.2 Å². The van der Waals surface area contributed by atoms with Crippen molar-refractivity contribution in [2.75, 3.05) is 0 Å². The second-order valence-electron chi connectivity index (χ2n) is 7.17. The Hall–Kier alpha value is -1.74. The van der Waals surface area contributed by atoms with Gasteiger partial charge in [0.05, 0.1) is 0 Å². The summed E-state index contributed by atoms with van der Waals surface area (Å²) < 4.78 is 12.1. The van der Waals surface area contributed by atoms with E-state index in [1.807, 2.05) is 19.9 Å². The number of fused-ring (bicyclic) bond motifs is 3. The van der Waals surface area contributed by atoms with Gasteiger partial charge >= 0.3 is 7.12 Å². The SMILES string of the molecule is CCC(C)(C)c1ccc2c(c1)-c1ccccc1B(OC(C)C)O2. The van der Waals surface area contributed by atoms with Crippen molar-refractivity contribution < 1.29 is 9.31 Å². The molecule has 2 nitrogen and oxygen atoms in total. The number of hydrogen-bond acceptors (Lipinski definition) is 2. The predicted molar refractivity (Wildman–Crippen MR) is 97.4 cm³/mol. The van der Waals surface area contributed by atoms with Gasteiger partial charge in [-0.2, -0.15) is 0 Å². The zero-order valence-corrected chi connectivity index (χ0v) is 14.7. The molecule has 0 radical (unpaired) electrons. The largest absolute Gasteiger partial charge is 0.563 e.